The van der Waals surface area contributed by atoms with Gasteiger partial charge in [0, 0.05) is 28.2 Å². The summed E-state index contributed by atoms with van der Waals surface area (Å²) >= 11 is 16.4. The third kappa shape index (κ3) is 8.52. The van der Waals surface area contributed by atoms with Crippen LogP contribution in [0.25, 0.3) is 0 Å². The standard InChI is InChI=1S/C33H38BrCl2N3O5S/c1-4-30(33(41)37-23-9-6-5-7-10-23)38(20-26-28(35)11-8-12-29(26)36)32(40)21-39(24-15-13-22(2)14-16-24)45(42,43)25-17-18-31(44-3)27(34)19-25/h8,11-19,23,30H,4-7,9-10,20-21H2,1-3H3,(H,37,41)/t30-/m0/s1. The maximum atomic E-state index is 14.4. The Labute approximate surface area is 284 Å². The zero-order chi connectivity index (χ0) is 32.7. The number of methoxy groups -OCH3 is 1. The van der Waals surface area contributed by atoms with E-state index in [1.54, 1.807) is 48.5 Å². The van der Waals surface area contributed by atoms with E-state index in [2.05, 4.69) is 21.2 Å². The van der Waals surface area contributed by atoms with Crippen LogP contribution in [0, 0.1) is 6.92 Å². The van der Waals surface area contributed by atoms with Crippen LogP contribution in [0.2, 0.25) is 10.0 Å². The lowest BCUT2D eigenvalue weighted by atomic mass is 9.95. The summed E-state index contributed by atoms with van der Waals surface area (Å²) in [4.78, 5) is 29.5. The molecule has 2 amide bonds. The van der Waals surface area contributed by atoms with Crippen molar-refractivity contribution < 1.29 is 22.7 Å². The number of hydrogen-bond acceptors (Lipinski definition) is 5. The molecule has 0 unspecified atom stereocenters. The van der Waals surface area contributed by atoms with Gasteiger partial charge in [-0.3, -0.25) is 13.9 Å². The quantitative estimate of drug-likeness (QED) is 0.207. The molecule has 1 atom stereocenters. The predicted molar refractivity (Wildman–Crippen MR) is 183 cm³/mol. The van der Waals surface area contributed by atoms with Crippen LogP contribution in [0.1, 0.15) is 56.6 Å². The number of rotatable bonds is 12. The Morgan fingerprint density at radius 3 is 2.24 bits per heavy atom. The van der Waals surface area contributed by atoms with Crippen molar-refractivity contribution in [1.29, 1.82) is 0 Å². The summed E-state index contributed by atoms with van der Waals surface area (Å²) in [6, 6.07) is 15.4. The number of ether oxygens (including phenoxy) is 1. The van der Waals surface area contributed by atoms with Gasteiger partial charge in [-0.05, 0) is 84.6 Å². The Morgan fingerprint density at radius 1 is 1.02 bits per heavy atom. The molecule has 242 valence electrons. The summed E-state index contributed by atoms with van der Waals surface area (Å²) in [5, 5.41) is 3.82. The van der Waals surface area contributed by atoms with Crippen molar-refractivity contribution in [1.82, 2.24) is 10.2 Å². The number of nitrogens with one attached hydrogen (secondary N) is 1. The fourth-order valence-corrected chi connectivity index (χ4v) is 8.14. The Morgan fingerprint density at radius 2 is 1.67 bits per heavy atom. The minimum absolute atomic E-state index is 0.0270. The van der Waals surface area contributed by atoms with Crippen LogP contribution in [0.15, 0.2) is 70.0 Å². The van der Waals surface area contributed by atoms with Gasteiger partial charge < -0.3 is 15.0 Å². The highest BCUT2D eigenvalue weighted by Crippen LogP contribution is 2.32. The number of carbonyl (C=O) groups is 2. The van der Waals surface area contributed by atoms with E-state index in [0.717, 1.165) is 42.0 Å². The van der Waals surface area contributed by atoms with E-state index in [1.165, 1.54) is 24.1 Å². The van der Waals surface area contributed by atoms with Crippen LogP contribution < -0.4 is 14.4 Å². The van der Waals surface area contributed by atoms with E-state index in [-0.39, 0.29) is 23.4 Å². The summed E-state index contributed by atoms with van der Waals surface area (Å²) in [7, 11) is -2.77. The first-order valence-electron chi connectivity index (χ1n) is 14.9. The van der Waals surface area contributed by atoms with E-state index < -0.39 is 28.5 Å². The maximum absolute atomic E-state index is 14.4. The lowest BCUT2D eigenvalue weighted by molar-refractivity contribution is -0.140. The third-order valence-corrected chi connectivity index (χ3v) is 11.1. The SMILES string of the molecule is CC[C@@H](C(=O)NC1CCCCC1)N(Cc1c(Cl)cccc1Cl)C(=O)CN(c1ccc(C)cc1)S(=O)(=O)c1ccc(OC)c(Br)c1. The van der Waals surface area contributed by atoms with Crippen LogP contribution in [0.3, 0.4) is 0 Å². The molecule has 45 heavy (non-hydrogen) atoms. The van der Waals surface area contributed by atoms with Gasteiger partial charge in [0.05, 0.1) is 22.2 Å². The van der Waals surface area contributed by atoms with Gasteiger partial charge in [-0.25, -0.2) is 8.42 Å². The molecule has 3 aromatic rings. The number of hydrogen-bond donors (Lipinski definition) is 1. The first-order valence-corrected chi connectivity index (χ1v) is 17.9. The van der Waals surface area contributed by atoms with Crippen molar-refractivity contribution in [3.8, 4) is 5.75 Å². The Bertz CT molecular complexity index is 1590. The van der Waals surface area contributed by atoms with Crippen LogP contribution in [0.5, 0.6) is 5.75 Å². The molecule has 0 heterocycles. The van der Waals surface area contributed by atoms with Crippen molar-refractivity contribution in [3.05, 3.63) is 86.3 Å². The average Bonchev–Trinajstić information content (AvgIpc) is 3.02. The van der Waals surface area contributed by atoms with Crippen LogP contribution in [-0.2, 0) is 26.2 Å². The number of halogens is 3. The van der Waals surface area contributed by atoms with Gasteiger partial charge in [-0.2, -0.15) is 0 Å². The van der Waals surface area contributed by atoms with Crippen LogP contribution >= 0.6 is 39.1 Å². The fraction of sp³-hybridized carbons (Fsp3) is 0.394. The van der Waals surface area contributed by atoms with Gasteiger partial charge in [0.2, 0.25) is 11.8 Å². The highest BCUT2D eigenvalue weighted by atomic mass is 79.9. The number of benzene rings is 3. The molecule has 1 aliphatic carbocycles. The van der Waals surface area contributed by atoms with Crippen molar-refractivity contribution in [2.75, 3.05) is 18.0 Å². The molecule has 0 bridgehead atoms. The number of nitrogens with zero attached hydrogens (tertiary/aromatic N) is 2. The maximum Gasteiger partial charge on any atom is 0.264 e. The highest BCUT2D eigenvalue weighted by Gasteiger charge is 2.35. The zero-order valence-electron chi connectivity index (χ0n) is 25.6. The Balaban J connectivity index is 1.75. The van der Waals surface area contributed by atoms with Gasteiger partial charge in [0.1, 0.15) is 18.3 Å². The lowest BCUT2D eigenvalue weighted by Crippen LogP contribution is -2.54. The number of sulfonamides is 1. The Hall–Kier alpha value is -2.79. The number of carbonyl (C=O) groups excluding carboxylic acids is 2. The van der Waals surface area contributed by atoms with Gasteiger partial charge in [0.15, 0.2) is 0 Å². The molecule has 0 radical (unpaired) electrons. The van der Waals surface area contributed by atoms with Gasteiger partial charge >= 0.3 is 0 Å². The van der Waals surface area contributed by atoms with Crippen molar-refractivity contribution >= 4 is 66.7 Å². The molecule has 1 fully saturated rings. The van der Waals surface area contributed by atoms with Crippen molar-refractivity contribution in [2.24, 2.45) is 0 Å². The topological polar surface area (TPSA) is 96.0 Å². The largest absolute Gasteiger partial charge is 0.496 e. The molecular formula is C33H38BrCl2N3O5S. The minimum Gasteiger partial charge on any atom is -0.496 e. The van der Waals surface area contributed by atoms with Crippen molar-refractivity contribution in [3.63, 3.8) is 0 Å². The normalized spacial score (nSPS) is 14.4. The monoisotopic (exact) mass is 737 g/mol. The van der Waals surface area contributed by atoms with E-state index in [9.17, 15) is 18.0 Å². The molecule has 1 aliphatic rings. The first kappa shape index (κ1) is 35.1. The third-order valence-electron chi connectivity index (χ3n) is 8.04. The Kier molecular flexibility index (Phi) is 12.2. The molecule has 3 aromatic carbocycles. The second-order valence-corrected chi connectivity index (χ2v) is 14.7. The van der Waals surface area contributed by atoms with E-state index in [0.29, 0.717) is 37.9 Å². The number of anilines is 1. The molecule has 0 aliphatic heterocycles. The molecule has 1 saturated carbocycles. The summed E-state index contributed by atoms with van der Waals surface area (Å²) in [5.41, 5.74) is 1.70. The van der Waals surface area contributed by atoms with Crippen molar-refractivity contribution in [2.45, 2.75) is 75.9 Å². The van der Waals surface area contributed by atoms with Gasteiger partial charge in [0.25, 0.3) is 10.0 Å². The van der Waals surface area contributed by atoms with Crippen LogP contribution in [-0.4, -0.2) is 50.9 Å². The molecular weight excluding hydrogens is 701 g/mol. The molecule has 0 aromatic heterocycles. The average molecular weight is 740 g/mol. The zero-order valence-corrected chi connectivity index (χ0v) is 29.5. The second kappa shape index (κ2) is 15.7. The predicted octanol–water partition coefficient (Wildman–Crippen LogP) is 7.52. The van der Waals surface area contributed by atoms with E-state index >= 15 is 0 Å². The molecule has 1 N–H and O–H groups in total. The van der Waals surface area contributed by atoms with E-state index in [4.69, 9.17) is 27.9 Å². The van der Waals surface area contributed by atoms with Crippen LogP contribution in [0.4, 0.5) is 5.69 Å². The van der Waals surface area contributed by atoms with E-state index in [1.807, 2.05) is 13.8 Å². The summed E-state index contributed by atoms with van der Waals surface area (Å²) in [6.07, 6.45) is 5.25. The number of aryl methyl sites for hydroxylation is 1. The summed E-state index contributed by atoms with van der Waals surface area (Å²) in [5.74, 6) is -0.400. The molecule has 8 nitrogen and oxygen atoms in total. The lowest BCUT2D eigenvalue weighted by Gasteiger charge is -2.35. The van der Waals surface area contributed by atoms with Gasteiger partial charge in [-0.15, -0.1) is 0 Å². The summed E-state index contributed by atoms with van der Waals surface area (Å²) < 4.78 is 35.2. The highest BCUT2D eigenvalue weighted by molar-refractivity contribution is 9.10. The molecule has 12 heteroatoms. The molecule has 4 rings (SSSR count). The fourth-order valence-electron chi connectivity index (χ4n) is 5.49. The molecule has 0 saturated heterocycles. The summed E-state index contributed by atoms with van der Waals surface area (Å²) in [6.45, 7) is 3.07. The second-order valence-electron chi connectivity index (χ2n) is 11.1. The number of amides is 2. The first-order chi connectivity index (χ1) is 21.5. The molecule has 0 spiro atoms. The smallest absolute Gasteiger partial charge is 0.264 e. The van der Waals surface area contributed by atoms with Gasteiger partial charge in [-0.1, -0.05) is 73.2 Å². The minimum atomic E-state index is -4.26.